The number of imidazole rings is 1. The largest absolute Gasteiger partial charge is 0.341 e. The first-order valence-corrected chi connectivity index (χ1v) is 8.92. The molecule has 0 N–H and O–H groups in total. The average molecular weight is 316 g/mol. The molecule has 0 bridgehead atoms. The first kappa shape index (κ1) is 13.9. The van der Waals surface area contributed by atoms with Crippen LogP contribution < -0.4 is 4.90 Å². The molecule has 116 valence electrons. The van der Waals surface area contributed by atoms with Crippen molar-refractivity contribution in [3.63, 3.8) is 0 Å². The van der Waals surface area contributed by atoms with Crippen molar-refractivity contribution in [1.82, 2.24) is 14.5 Å². The molecule has 0 aliphatic carbocycles. The molecule has 0 radical (unpaired) electrons. The molecule has 2 saturated heterocycles. The fraction of sp³-hybridized carbons (Fsp3) is 0.500. The van der Waals surface area contributed by atoms with E-state index < -0.39 is 0 Å². The van der Waals surface area contributed by atoms with E-state index in [1.165, 1.54) is 0 Å². The number of hydrogen-bond acceptors (Lipinski definition) is 4. The van der Waals surface area contributed by atoms with Crippen LogP contribution in [0.4, 0.5) is 5.95 Å². The number of carbonyl (C=O) groups excluding carboxylic acids is 1. The summed E-state index contributed by atoms with van der Waals surface area (Å²) in [6.45, 7) is 3.40. The van der Waals surface area contributed by atoms with E-state index in [1.54, 1.807) is 0 Å². The van der Waals surface area contributed by atoms with Crippen molar-refractivity contribution >= 4 is 34.7 Å². The number of anilines is 1. The van der Waals surface area contributed by atoms with E-state index in [4.69, 9.17) is 4.98 Å². The molecule has 0 unspecified atom stereocenters. The number of carbonyl (C=O) groups is 1. The minimum absolute atomic E-state index is 0.142. The summed E-state index contributed by atoms with van der Waals surface area (Å²) >= 11 is 1.94. The van der Waals surface area contributed by atoms with Crippen molar-refractivity contribution in [2.45, 2.75) is 0 Å². The second-order valence-electron chi connectivity index (χ2n) is 6.00. The third-order valence-electron chi connectivity index (χ3n) is 4.60. The molecule has 1 aromatic heterocycles. The van der Waals surface area contributed by atoms with Crippen LogP contribution in [0.25, 0.3) is 11.0 Å². The lowest BCUT2D eigenvalue weighted by Crippen LogP contribution is -2.56. The maximum Gasteiger partial charge on any atom is 0.229 e. The Labute approximate surface area is 134 Å². The molecule has 1 aromatic carbocycles. The molecule has 22 heavy (non-hydrogen) atoms. The van der Waals surface area contributed by atoms with Crippen LogP contribution in [0.3, 0.4) is 0 Å². The zero-order chi connectivity index (χ0) is 15.1. The normalized spacial score (nSPS) is 19.5. The molecule has 4 rings (SSSR count). The molecule has 1 amide bonds. The van der Waals surface area contributed by atoms with Crippen LogP contribution in [0.15, 0.2) is 24.3 Å². The van der Waals surface area contributed by atoms with E-state index in [2.05, 4.69) is 15.5 Å². The van der Waals surface area contributed by atoms with Gasteiger partial charge in [-0.1, -0.05) is 12.1 Å². The highest BCUT2D eigenvalue weighted by Crippen LogP contribution is 2.28. The van der Waals surface area contributed by atoms with Crippen LogP contribution in [-0.4, -0.2) is 58.0 Å². The van der Waals surface area contributed by atoms with Gasteiger partial charge in [0.1, 0.15) is 0 Å². The van der Waals surface area contributed by atoms with E-state index >= 15 is 0 Å². The topological polar surface area (TPSA) is 41.4 Å². The predicted molar refractivity (Wildman–Crippen MR) is 90.3 cm³/mol. The van der Waals surface area contributed by atoms with Gasteiger partial charge in [-0.05, 0) is 12.1 Å². The molecule has 6 heteroatoms. The zero-order valence-electron chi connectivity index (χ0n) is 12.7. The summed E-state index contributed by atoms with van der Waals surface area (Å²) in [4.78, 5) is 21.4. The lowest BCUT2D eigenvalue weighted by molar-refractivity contribution is -0.135. The first-order valence-electron chi connectivity index (χ1n) is 7.77. The molecule has 2 aromatic rings. The Balaban J connectivity index is 1.46. The van der Waals surface area contributed by atoms with Gasteiger partial charge >= 0.3 is 0 Å². The van der Waals surface area contributed by atoms with E-state index in [-0.39, 0.29) is 5.92 Å². The van der Waals surface area contributed by atoms with E-state index in [1.807, 2.05) is 41.9 Å². The molecule has 0 spiro atoms. The van der Waals surface area contributed by atoms with Gasteiger partial charge in [0.25, 0.3) is 0 Å². The third-order valence-corrected chi connectivity index (χ3v) is 5.54. The van der Waals surface area contributed by atoms with Gasteiger partial charge in [-0.25, -0.2) is 4.98 Å². The monoisotopic (exact) mass is 316 g/mol. The maximum absolute atomic E-state index is 12.5. The van der Waals surface area contributed by atoms with Gasteiger partial charge < -0.3 is 14.4 Å². The second kappa shape index (κ2) is 5.50. The second-order valence-corrected chi connectivity index (χ2v) is 7.22. The van der Waals surface area contributed by atoms with E-state index in [9.17, 15) is 4.79 Å². The van der Waals surface area contributed by atoms with Gasteiger partial charge in [0.05, 0.1) is 17.0 Å². The molecule has 2 aliphatic heterocycles. The van der Waals surface area contributed by atoms with Gasteiger partial charge in [0.2, 0.25) is 11.9 Å². The summed E-state index contributed by atoms with van der Waals surface area (Å²) < 4.78 is 2.12. The van der Waals surface area contributed by atoms with Gasteiger partial charge in [-0.3, -0.25) is 4.79 Å². The predicted octanol–water partition coefficient (Wildman–Crippen LogP) is 1.58. The van der Waals surface area contributed by atoms with Crippen molar-refractivity contribution in [2.75, 3.05) is 42.6 Å². The van der Waals surface area contributed by atoms with Gasteiger partial charge in [0.15, 0.2) is 0 Å². The Kier molecular flexibility index (Phi) is 3.48. The molecule has 5 nitrogen and oxygen atoms in total. The first-order chi connectivity index (χ1) is 10.7. The zero-order valence-corrected chi connectivity index (χ0v) is 13.6. The Morgan fingerprint density at radius 2 is 1.95 bits per heavy atom. The summed E-state index contributed by atoms with van der Waals surface area (Å²) in [6, 6.07) is 8.16. The van der Waals surface area contributed by atoms with Gasteiger partial charge in [-0.15, -0.1) is 0 Å². The fourth-order valence-corrected chi connectivity index (χ4v) is 4.16. The molecular formula is C16H20N4OS. The van der Waals surface area contributed by atoms with Crippen molar-refractivity contribution in [3.8, 4) is 0 Å². The fourth-order valence-electron chi connectivity index (χ4n) is 3.26. The van der Waals surface area contributed by atoms with Crippen LogP contribution in [0, 0.1) is 5.92 Å². The number of rotatable bonds is 2. The molecular weight excluding hydrogens is 296 g/mol. The summed E-state index contributed by atoms with van der Waals surface area (Å²) in [6.07, 6.45) is 0. The molecule has 0 saturated carbocycles. The number of aryl methyl sites for hydroxylation is 1. The van der Waals surface area contributed by atoms with Crippen LogP contribution in [0.2, 0.25) is 0 Å². The van der Waals surface area contributed by atoms with Gasteiger partial charge in [-0.2, -0.15) is 11.8 Å². The molecule has 0 atom stereocenters. The van der Waals surface area contributed by atoms with Gasteiger partial charge in [0, 0.05) is 44.7 Å². The summed E-state index contributed by atoms with van der Waals surface area (Å²) in [5.41, 5.74) is 2.16. The van der Waals surface area contributed by atoms with E-state index in [0.717, 1.165) is 54.7 Å². The Morgan fingerprint density at radius 1 is 1.23 bits per heavy atom. The van der Waals surface area contributed by atoms with Crippen LogP contribution in [0.1, 0.15) is 0 Å². The number of nitrogens with zero attached hydrogens (tertiary/aromatic N) is 4. The maximum atomic E-state index is 12.5. The Hall–Kier alpha value is -1.69. The quantitative estimate of drug-likeness (QED) is 0.844. The van der Waals surface area contributed by atoms with Crippen molar-refractivity contribution < 1.29 is 4.79 Å². The number of para-hydroxylation sites is 2. The smallest absolute Gasteiger partial charge is 0.229 e. The molecule has 2 aliphatic rings. The summed E-state index contributed by atoms with van der Waals surface area (Å²) in [5.74, 6) is 3.59. The summed E-state index contributed by atoms with van der Waals surface area (Å²) in [5, 5.41) is 0. The van der Waals surface area contributed by atoms with Crippen molar-refractivity contribution in [2.24, 2.45) is 13.0 Å². The van der Waals surface area contributed by atoms with Crippen LogP contribution in [-0.2, 0) is 11.8 Å². The van der Waals surface area contributed by atoms with Crippen LogP contribution >= 0.6 is 11.8 Å². The molecule has 3 heterocycles. The number of fused-ring (bicyclic) bond motifs is 1. The number of thioether (sulfide) groups is 1. The van der Waals surface area contributed by atoms with Crippen LogP contribution in [0.5, 0.6) is 0 Å². The number of amides is 1. The number of aromatic nitrogens is 2. The third kappa shape index (κ3) is 2.26. The highest BCUT2D eigenvalue weighted by Gasteiger charge is 2.37. The highest BCUT2D eigenvalue weighted by molar-refractivity contribution is 7.99. The lowest BCUT2D eigenvalue weighted by Gasteiger charge is -2.41. The van der Waals surface area contributed by atoms with Crippen molar-refractivity contribution in [3.05, 3.63) is 24.3 Å². The summed E-state index contributed by atoms with van der Waals surface area (Å²) in [7, 11) is 2.04. The standard InChI is InChI=1S/C16H20N4OS/c1-18-14-5-3-2-4-13(14)17-16(18)20-10-12(11-20)15(21)19-6-8-22-9-7-19/h2-5,12H,6-11H2,1H3. The Bertz CT molecular complexity index is 701. The average Bonchev–Trinajstić information content (AvgIpc) is 2.84. The minimum Gasteiger partial charge on any atom is -0.341 e. The van der Waals surface area contributed by atoms with E-state index in [0.29, 0.717) is 5.91 Å². The number of benzene rings is 1. The Morgan fingerprint density at radius 3 is 2.68 bits per heavy atom. The highest BCUT2D eigenvalue weighted by atomic mass is 32.2. The minimum atomic E-state index is 0.142. The SMILES string of the molecule is Cn1c(N2CC(C(=O)N3CCSCC3)C2)nc2ccccc21. The van der Waals surface area contributed by atoms with Crippen molar-refractivity contribution in [1.29, 1.82) is 0 Å². The lowest BCUT2D eigenvalue weighted by atomic mass is 9.99. The molecule has 2 fully saturated rings. The number of hydrogen-bond donors (Lipinski definition) is 0.